The Kier molecular flexibility index (Phi) is 8.84. The molecule has 45 heavy (non-hydrogen) atoms. The number of hydrogen-bond donors (Lipinski definition) is 11. The average molecular weight is 636 g/mol. The number of aliphatic hydroxyl groups excluding tert-OH is 2. The second-order valence-electron chi connectivity index (χ2n) is 9.45. The van der Waals surface area contributed by atoms with Crippen LogP contribution >= 0.6 is 0 Å². The van der Waals surface area contributed by atoms with Crippen LogP contribution in [0.5, 0.6) is 51.7 Å². The van der Waals surface area contributed by atoms with Crippen molar-refractivity contribution < 1.29 is 89.5 Å². The number of aromatic hydroxyl groups is 9. The zero-order valence-corrected chi connectivity index (χ0v) is 22.3. The Bertz CT molecular complexity index is 1580. The number of esters is 3. The van der Waals surface area contributed by atoms with Crippen molar-refractivity contribution >= 4 is 17.9 Å². The van der Waals surface area contributed by atoms with Gasteiger partial charge < -0.3 is 75.1 Å². The molecule has 0 aliphatic carbocycles. The summed E-state index contributed by atoms with van der Waals surface area (Å²) >= 11 is 0. The minimum atomic E-state index is -2.17. The minimum absolute atomic E-state index is 0.597. The van der Waals surface area contributed by atoms with Crippen LogP contribution < -0.4 is 0 Å². The molecule has 1 aliphatic rings. The molecule has 18 heteroatoms. The van der Waals surface area contributed by atoms with Gasteiger partial charge in [0.05, 0.1) is 23.3 Å². The first kappa shape index (κ1) is 32.1. The third-order valence-electron chi connectivity index (χ3n) is 6.42. The molecule has 18 nitrogen and oxygen atoms in total. The van der Waals surface area contributed by atoms with Crippen LogP contribution in [-0.2, 0) is 18.9 Å². The summed E-state index contributed by atoms with van der Waals surface area (Å²) in [5.41, 5.74) is -1.83. The first-order chi connectivity index (χ1) is 21.1. The van der Waals surface area contributed by atoms with E-state index in [1.165, 1.54) is 0 Å². The lowest BCUT2D eigenvalue weighted by molar-refractivity contribution is -0.283. The van der Waals surface area contributed by atoms with E-state index < -0.39 is 124 Å². The number of carbonyl (C=O) groups excluding carboxylic acids is 3. The lowest BCUT2D eigenvalue weighted by Crippen LogP contribution is -2.62. The molecule has 3 aromatic carbocycles. The summed E-state index contributed by atoms with van der Waals surface area (Å²) in [6.07, 6.45) is -10.2. The van der Waals surface area contributed by atoms with Crippen LogP contribution in [0, 0.1) is 0 Å². The predicted octanol–water partition coefficient (Wildman–Crippen LogP) is -0.277. The molecule has 0 spiro atoms. The molecule has 0 aromatic heterocycles. The first-order valence-electron chi connectivity index (χ1n) is 12.4. The molecule has 3 aromatic rings. The standard InChI is InChI=1S/C27H24O18/c28-7-17-21(38)22(43-24(39)8-1-11(29)18(35)12(30)2-8)23(44-25(40)9-3-13(31)19(36)14(32)4-9)27(42-17)45-26(41)10-5-15(33)20(37)16(34)6-10/h1-6,17,21-23,27-38H,7H2/t17-,21-,22-,23-,27+/m1/s1. The largest absolute Gasteiger partial charge is 0.504 e. The molecule has 11 N–H and O–H groups in total. The van der Waals surface area contributed by atoms with Gasteiger partial charge in [-0.15, -0.1) is 0 Å². The summed E-state index contributed by atoms with van der Waals surface area (Å²) in [4.78, 5) is 39.0. The topological polar surface area (TPSA) is 311 Å². The molecule has 1 heterocycles. The molecular formula is C27H24O18. The Hall–Kier alpha value is -5.85. The van der Waals surface area contributed by atoms with E-state index in [0.717, 1.165) is 0 Å². The van der Waals surface area contributed by atoms with E-state index >= 15 is 0 Å². The van der Waals surface area contributed by atoms with Crippen molar-refractivity contribution in [3.8, 4) is 51.7 Å². The van der Waals surface area contributed by atoms with E-state index in [1.807, 2.05) is 0 Å². The second kappa shape index (κ2) is 12.4. The molecule has 1 fully saturated rings. The van der Waals surface area contributed by atoms with Crippen molar-refractivity contribution in [2.24, 2.45) is 0 Å². The fourth-order valence-corrected chi connectivity index (χ4v) is 4.12. The molecule has 0 unspecified atom stereocenters. The number of rotatable bonds is 7. The Balaban J connectivity index is 1.74. The number of hydrogen-bond acceptors (Lipinski definition) is 18. The summed E-state index contributed by atoms with van der Waals surface area (Å²) in [5, 5.41) is 108. The Morgan fingerprint density at radius 3 is 1.20 bits per heavy atom. The summed E-state index contributed by atoms with van der Waals surface area (Å²) in [5.74, 6) is -13.0. The lowest BCUT2D eigenvalue weighted by atomic mass is 9.98. The molecule has 0 amide bonds. The monoisotopic (exact) mass is 636 g/mol. The molecule has 1 saturated heterocycles. The first-order valence-corrected chi connectivity index (χ1v) is 12.4. The Morgan fingerprint density at radius 1 is 0.556 bits per heavy atom. The Labute approximate surface area is 249 Å². The van der Waals surface area contributed by atoms with E-state index in [9.17, 15) is 70.6 Å². The molecule has 1 aliphatic heterocycles. The maximum absolute atomic E-state index is 13.1. The molecule has 0 radical (unpaired) electrons. The lowest BCUT2D eigenvalue weighted by Gasteiger charge is -2.42. The van der Waals surface area contributed by atoms with Crippen LogP contribution in [0.4, 0.5) is 0 Å². The number of carbonyl (C=O) groups is 3. The van der Waals surface area contributed by atoms with Gasteiger partial charge in [-0.3, -0.25) is 0 Å². The minimum Gasteiger partial charge on any atom is -0.504 e. The summed E-state index contributed by atoms with van der Waals surface area (Å²) in [6, 6.07) is 3.97. The van der Waals surface area contributed by atoms with Crippen molar-refractivity contribution in [3.05, 3.63) is 53.1 Å². The normalized spacial score (nSPS) is 21.1. The van der Waals surface area contributed by atoms with E-state index in [0.29, 0.717) is 36.4 Å². The number of ether oxygens (including phenoxy) is 4. The van der Waals surface area contributed by atoms with E-state index in [1.54, 1.807) is 0 Å². The van der Waals surface area contributed by atoms with Gasteiger partial charge in [0.15, 0.2) is 57.8 Å². The third-order valence-corrected chi connectivity index (χ3v) is 6.42. The van der Waals surface area contributed by atoms with E-state index in [-0.39, 0.29) is 0 Å². The zero-order valence-electron chi connectivity index (χ0n) is 22.3. The summed E-state index contributed by atoms with van der Waals surface area (Å²) < 4.78 is 21.1. The maximum Gasteiger partial charge on any atom is 0.340 e. The summed E-state index contributed by atoms with van der Waals surface area (Å²) in [6.45, 7) is -1.01. The van der Waals surface area contributed by atoms with Gasteiger partial charge in [-0.05, 0) is 36.4 Å². The number of phenolic OH excluding ortho intramolecular Hbond substituents is 9. The maximum atomic E-state index is 13.1. The van der Waals surface area contributed by atoms with Gasteiger partial charge >= 0.3 is 17.9 Å². The number of phenols is 9. The fourth-order valence-electron chi connectivity index (χ4n) is 4.12. The van der Waals surface area contributed by atoms with Gasteiger partial charge in [-0.2, -0.15) is 0 Å². The average Bonchev–Trinajstić information content (AvgIpc) is 2.99. The molecule has 4 rings (SSSR count). The van der Waals surface area contributed by atoms with Gasteiger partial charge in [0.2, 0.25) is 12.4 Å². The molecule has 240 valence electrons. The van der Waals surface area contributed by atoms with Crippen LogP contribution in [0.3, 0.4) is 0 Å². The fraction of sp³-hybridized carbons (Fsp3) is 0.222. The van der Waals surface area contributed by atoms with Crippen molar-refractivity contribution in [1.82, 2.24) is 0 Å². The van der Waals surface area contributed by atoms with Crippen molar-refractivity contribution in [1.29, 1.82) is 0 Å². The molecule has 0 bridgehead atoms. The van der Waals surface area contributed by atoms with Gasteiger partial charge in [-0.25, -0.2) is 14.4 Å². The highest BCUT2D eigenvalue weighted by atomic mass is 16.7. The summed E-state index contributed by atoms with van der Waals surface area (Å²) in [7, 11) is 0. The van der Waals surface area contributed by atoms with Crippen LogP contribution in [0.25, 0.3) is 0 Å². The van der Waals surface area contributed by atoms with Gasteiger partial charge in [0.1, 0.15) is 12.2 Å². The van der Waals surface area contributed by atoms with Crippen LogP contribution in [0.15, 0.2) is 36.4 Å². The van der Waals surface area contributed by atoms with Gasteiger partial charge in [-0.1, -0.05) is 0 Å². The van der Waals surface area contributed by atoms with Crippen LogP contribution in [-0.4, -0.2) is 111 Å². The van der Waals surface area contributed by atoms with Crippen LogP contribution in [0.2, 0.25) is 0 Å². The van der Waals surface area contributed by atoms with Gasteiger partial charge in [0, 0.05) is 0 Å². The highest BCUT2D eigenvalue weighted by Gasteiger charge is 2.52. The SMILES string of the molecule is O=C(O[C@@H]1O[C@H](CO)[C@@H](O)[C@@H](OC(=O)c2cc(O)c(O)c(O)c2)[C@H]1OC(=O)c1cc(O)c(O)c(O)c1)c1cc(O)c(O)c(O)c1. The number of aliphatic hydroxyl groups is 2. The van der Waals surface area contributed by atoms with Crippen molar-refractivity contribution in [3.63, 3.8) is 0 Å². The molecular weight excluding hydrogens is 612 g/mol. The third kappa shape index (κ3) is 6.42. The quantitative estimate of drug-likeness (QED) is 0.0902. The zero-order chi connectivity index (χ0) is 33.3. The predicted molar refractivity (Wildman–Crippen MR) is 140 cm³/mol. The van der Waals surface area contributed by atoms with Crippen molar-refractivity contribution in [2.75, 3.05) is 6.61 Å². The smallest absolute Gasteiger partial charge is 0.340 e. The second-order valence-corrected chi connectivity index (χ2v) is 9.45. The van der Waals surface area contributed by atoms with E-state index in [2.05, 4.69) is 0 Å². The Morgan fingerprint density at radius 2 is 0.867 bits per heavy atom. The van der Waals surface area contributed by atoms with Crippen LogP contribution in [0.1, 0.15) is 31.1 Å². The number of benzene rings is 3. The highest BCUT2D eigenvalue weighted by molar-refractivity contribution is 5.93. The van der Waals surface area contributed by atoms with Gasteiger partial charge in [0.25, 0.3) is 0 Å². The van der Waals surface area contributed by atoms with E-state index in [4.69, 9.17) is 18.9 Å². The highest BCUT2D eigenvalue weighted by Crippen LogP contribution is 2.39. The molecule has 0 saturated carbocycles. The van der Waals surface area contributed by atoms with Crippen molar-refractivity contribution in [2.45, 2.75) is 30.7 Å². The molecule has 5 atom stereocenters.